The van der Waals surface area contributed by atoms with Gasteiger partial charge in [0, 0.05) is 50.1 Å². The molecule has 164 valence electrons. The van der Waals surface area contributed by atoms with Crippen molar-refractivity contribution in [3.63, 3.8) is 0 Å². The van der Waals surface area contributed by atoms with Crippen molar-refractivity contribution in [1.82, 2.24) is 24.8 Å². The number of likely N-dealkylation sites (tertiary alicyclic amines) is 1. The Balaban J connectivity index is 1.45. The summed E-state index contributed by atoms with van der Waals surface area (Å²) in [5.74, 6) is 0.294. The number of nitrogens with one attached hydrogen (secondary N) is 2. The molecule has 1 aliphatic heterocycles. The second-order valence-corrected chi connectivity index (χ2v) is 8.05. The van der Waals surface area contributed by atoms with Gasteiger partial charge in [0.1, 0.15) is 5.65 Å². The van der Waals surface area contributed by atoms with Crippen molar-refractivity contribution in [2.45, 2.75) is 19.3 Å². The lowest BCUT2D eigenvalue weighted by Crippen LogP contribution is -2.42. The van der Waals surface area contributed by atoms with Gasteiger partial charge in [-0.1, -0.05) is 11.6 Å². The summed E-state index contributed by atoms with van der Waals surface area (Å²) in [7, 11) is 1.59. The van der Waals surface area contributed by atoms with Gasteiger partial charge in [0.15, 0.2) is 17.5 Å². The van der Waals surface area contributed by atoms with Gasteiger partial charge < -0.3 is 19.9 Å². The van der Waals surface area contributed by atoms with E-state index in [0.29, 0.717) is 48.2 Å². The second-order valence-electron chi connectivity index (χ2n) is 7.61. The summed E-state index contributed by atoms with van der Waals surface area (Å²) >= 11 is 6.06. The number of hydrogen-bond acceptors (Lipinski definition) is 6. The van der Waals surface area contributed by atoms with E-state index >= 15 is 0 Å². The lowest BCUT2D eigenvalue weighted by Gasteiger charge is -2.33. The minimum atomic E-state index is -0.524. The third-order valence-electron chi connectivity index (χ3n) is 5.43. The van der Waals surface area contributed by atoms with E-state index in [9.17, 15) is 9.18 Å². The number of amides is 1. The van der Waals surface area contributed by atoms with E-state index in [0.717, 1.165) is 31.0 Å². The molecule has 3 aromatic heterocycles. The highest BCUT2D eigenvalue weighted by Crippen LogP contribution is 2.28. The lowest BCUT2D eigenvalue weighted by molar-refractivity contribution is -0.133. The van der Waals surface area contributed by atoms with Gasteiger partial charge >= 0.3 is 0 Å². The molecule has 0 bridgehead atoms. The summed E-state index contributed by atoms with van der Waals surface area (Å²) in [4.78, 5) is 29.9. The zero-order chi connectivity index (χ0) is 21.8. The number of fused-ring (bicyclic) bond motifs is 1. The van der Waals surface area contributed by atoms with Crippen LogP contribution < -0.4 is 5.32 Å². The quantitative estimate of drug-likeness (QED) is 0.576. The molecule has 1 fully saturated rings. The van der Waals surface area contributed by atoms with Crippen molar-refractivity contribution < 1.29 is 13.9 Å². The number of hydrogen-bond donors (Lipinski definition) is 2. The predicted molar refractivity (Wildman–Crippen MR) is 116 cm³/mol. The van der Waals surface area contributed by atoms with Gasteiger partial charge in [-0.2, -0.15) is 0 Å². The zero-order valence-corrected chi connectivity index (χ0v) is 18.0. The van der Waals surface area contributed by atoms with Crippen molar-refractivity contribution in [3.8, 4) is 11.4 Å². The van der Waals surface area contributed by atoms with E-state index in [-0.39, 0.29) is 17.6 Å². The normalized spacial score (nSPS) is 16.6. The number of aromatic amines is 1. The number of halogens is 2. The first kappa shape index (κ1) is 21.5. The molecule has 2 N–H and O–H groups in total. The Morgan fingerprint density at radius 3 is 3.13 bits per heavy atom. The largest absolute Gasteiger partial charge is 0.384 e. The molecule has 0 aliphatic carbocycles. The molecule has 31 heavy (non-hydrogen) atoms. The first-order chi connectivity index (χ1) is 15.0. The highest BCUT2D eigenvalue weighted by molar-refractivity contribution is 6.31. The molecule has 4 heterocycles. The Labute approximate surface area is 184 Å². The lowest BCUT2D eigenvalue weighted by atomic mass is 9.97. The number of anilines is 1. The SMILES string of the molecule is COCCC(=O)N1CCCC(CNc2nc(-c3c[nH]c4ncc(Cl)cc34)ncc2F)C1. The molecule has 4 rings (SSSR count). The van der Waals surface area contributed by atoms with Crippen LogP contribution >= 0.6 is 11.6 Å². The molecule has 1 saturated heterocycles. The number of methoxy groups -OCH3 is 1. The molecular weight excluding hydrogens is 423 g/mol. The highest BCUT2D eigenvalue weighted by atomic mass is 35.5. The maximum absolute atomic E-state index is 14.4. The van der Waals surface area contributed by atoms with Crippen LogP contribution in [-0.2, 0) is 9.53 Å². The number of piperidine rings is 1. The van der Waals surface area contributed by atoms with Gasteiger partial charge in [0.2, 0.25) is 5.91 Å². The summed E-state index contributed by atoms with van der Waals surface area (Å²) in [6, 6.07) is 1.77. The fraction of sp³-hybridized carbons (Fsp3) is 0.429. The fourth-order valence-corrected chi connectivity index (χ4v) is 3.99. The Morgan fingerprint density at radius 2 is 2.29 bits per heavy atom. The number of carbonyl (C=O) groups excluding carboxylic acids is 1. The Morgan fingerprint density at radius 1 is 1.42 bits per heavy atom. The van der Waals surface area contributed by atoms with Gasteiger partial charge in [-0.3, -0.25) is 4.79 Å². The van der Waals surface area contributed by atoms with E-state index in [2.05, 4.69) is 25.3 Å². The maximum atomic E-state index is 14.4. The maximum Gasteiger partial charge on any atom is 0.224 e. The molecule has 0 spiro atoms. The number of nitrogens with zero attached hydrogens (tertiary/aromatic N) is 4. The Bertz CT molecular complexity index is 1080. The summed E-state index contributed by atoms with van der Waals surface area (Å²) in [6.45, 7) is 2.33. The second kappa shape index (κ2) is 9.57. The van der Waals surface area contributed by atoms with Crippen LogP contribution in [0.4, 0.5) is 10.2 Å². The molecule has 0 radical (unpaired) electrons. The van der Waals surface area contributed by atoms with Gasteiger partial charge in [0.25, 0.3) is 0 Å². The molecular formula is C21H24ClFN6O2. The number of H-pyrrole nitrogens is 1. The number of pyridine rings is 1. The van der Waals surface area contributed by atoms with Crippen molar-refractivity contribution in [2.75, 3.05) is 38.7 Å². The monoisotopic (exact) mass is 446 g/mol. The average Bonchev–Trinajstić information content (AvgIpc) is 3.20. The van der Waals surface area contributed by atoms with E-state index < -0.39 is 5.82 Å². The van der Waals surface area contributed by atoms with Crippen molar-refractivity contribution in [3.05, 3.63) is 35.5 Å². The molecule has 1 atom stereocenters. The molecule has 1 amide bonds. The minimum absolute atomic E-state index is 0.0914. The Kier molecular flexibility index (Phi) is 6.62. The predicted octanol–water partition coefficient (Wildman–Crippen LogP) is 3.50. The molecule has 3 aromatic rings. The van der Waals surface area contributed by atoms with Crippen LogP contribution in [0.1, 0.15) is 19.3 Å². The fourth-order valence-electron chi connectivity index (χ4n) is 3.83. The van der Waals surface area contributed by atoms with Crippen molar-refractivity contribution in [1.29, 1.82) is 0 Å². The van der Waals surface area contributed by atoms with E-state index in [1.165, 1.54) is 0 Å². The molecule has 1 aliphatic rings. The number of ether oxygens (including phenoxy) is 1. The van der Waals surface area contributed by atoms with Gasteiger partial charge in [-0.15, -0.1) is 0 Å². The van der Waals surface area contributed by atoms with Crippen LogP contribution in [-0.4, -0.2) is 64.1 Å². The van der Waals surface area contributed by atoms with Gasteiger partial charge in [-0.05, 0) is 24.8 Å². The molecule has 0 saturated carbocycles. The summed E-state index contributed by atoms with van der Waals surface area (Å²) in [6.07, 6.45) is 6.71. The third kappa shape index (κ3) is 4.94. The number of rotatable bonds is 7. The molecule has 10 heteroatoms. The average molecular weight is 447 g/mol. The summed E-state index contributed by atoms with van der Waals surface area (Å²) in [5.41, 5.74) is 1.35. The third-order valence-corrected chi connectivity index (χ3v) is 5.64. The topological polar surface area (TPSA) is 96.0 Å². The van der Waals surface area contributed by atoms with Crippen LogP contribution in [0.25, 0.3) is 22.4 Å². The van der Waals surface area contributed by atoms with E-state index in [1.54, 1.807) is 25.6 Å². The van der Waals surface area contributed by atoms with E-state index in [4.69, 9.17) is 16.3 Å². The Hall–Kier alpha value is -2.78. The summed E-state index contributed by atoms with van der Waals surface area (Å²) < 4.78 is 19.4. The number of aromatic nitrogens is 4. The first-order valence-electron chi connectivity index (χ1n) is 10.2. The first-order valence-corrected chi connectivity index (χ1v) is 10.6. The zero-order valence-electron chi connectivity index (χ0n) is 17.2. The molecule has 8 nitrogen and oxygen atoms in total. The van der Waals surface area contributed by atoms with Crippen LogP contribution in [0.3, 0.4) is 0 Å². The van der Waals surface area contributed by atoms with Crippen LogP contribution in [0.5, 0.6) is 0 Å². The highest BCUT2D eigenvalue weighted by Gasteiger charge is 2.24. The molecule has 1 unspecified atom stereocenters. The van der Waals surface area contributed by atoms with Crippen LogP contribution in [0.2, 0.25) is 5.02 Å². The van der Waals surface area contributed by atoms with E-state index in [1.807, 2.05) is 4.90 Å². The molecule has 0 aromatic carbocycles. The van der Waals surface area contributed by atoms with Crippen LogP contribution in [0.15, 0.2) is 24.7 Å². The summed E-state index contributed by atoms with van der Waals surface area (Å²) in [5, 5.41) is 4.37. The minimum Gasteiger partial charge on any atom is -0.384 e. The van der Waals surface area contributed by atoms with Crippen molar-refractivity contribution in [2.24, 2.45) is 5.92 Å². The standard InChI is InChI=1S/C21H24ClFN6O2/c1-31-6-4-18(30)29-5-2-3-13(12-29)8-24-21-17(23)11-27-20(28-21)16-10-26-19-15(16)7-14(22)9-25-19/h7,9-11,13H,2-6,8,12H2,1H3,(H,25,26)(H,24,27,28). The number of carbonyl (C=O) groups is 1. The van der Waals surface area contributed by atoms with Crippen molar-refractivity contribution >= 4 is 34.4 Å². The van der Waals surface area contributed by atoms with Gasteiger partial charge in [-0.25, -0.2) is 19.3 Å². The van der Waals surface area contributed by atoms with Gasteiger partial charge in [0.05, 0.1) is 24.2 Å². The van der Waals surface area contributed by atoms with Crippen LogP contribution in [0, 0.1) is 11.7 Å². The smallest absolute Gasteiger partial charge is 0.224 e.